The summed E-state index contributed by atoms with van der Waals surface area (Å²) >= 11 is 0. The van der Waals surface area contributed by atoms with Crippen molar-refractivity contribution in [1.29, 1.82) is 0 Å². The Balaban J connectivity index is 2.54. The van der Waals surface area contributed by atoms with Crippen molar-refractivity contribution in [2.75, 3.05) is 0 Å². The highest BCUT2D eigenvalue weighted by molar-refractivity contribution is 5.66. The van der Waals surface area contributed by atoms with Crippen LogP contribution in [0.5, 0.6) is 0 Å². The average molecular weight is 216 g/mol. The summed E-state index contributed by atoms with van der Waals surface area (Å²) in [6.45, 7) is 4.00. The molecule has 1 atom stereocenters. The maximum absolute atomic E-state index is 5.88. The number of nitrogens with zero attached hydrogens (tertiary/aromatic N) is 3. The number of hydrogen-bond acceptors (Lipinski definition) is 3. The maximum Gasteiger partial charge on any atom is 0.0603 e. The molecule has 0 saturated heterocycles. The first kappa shape index (κ1) is 10.8. The van der Waals surface area contributed by atoms with E-state index in [0.29, 0.717) is 0 Å². The third-order valence-corrected chi connectivity index (χ3v) is 2.69. The molecule has 0 amide bonds. The second-order valence-electron chi connectivity index (χ2n) is 4.06. The van der Waals surface area contributed by atoms with E-state index in [0.717, 1.165) is 22.4 Å². The topological polar surface area (TPSA) is 56.7 Å². The van der Waals surface area contributed by atoms with Gasteiger partial charge in [0, 0.05) is 31.0 Å². The van der Waals surface area contributed by atoms with E-state index in [1.165, 1.54) is 0 Å². The molecule has 2 aromatic heterocycles. The molecule has 2 heterocycles. The molecule has 4 heteroatoms. The molecule has 4 nitrogen and oxygen atoms in total. The van der Waals surface area contributed by atoms with Gasteiger partial charge in [0.25, 0.3) is 0 Å². The van der Waals surface area contributed by atoms with E-state index in [-0.39, 0.29) is 6.04 Å². The van der Waals surface area contributed by atoms with Gasteiger partial charge < -0.3 is 5.73 Å². The standard InChI is InChI=1S/C12H16N4/c1-8-11(10-6-15-16(3)7-10)4-5-14-12(8)9(2)13/h4-7,9H,13H2,1-3H3. The van der Waals surface area contributed by atoms with E-state index in [1.807, 2.05) is 39.4 Å². The third-order valence-electron chi connectivity index (χ3n) is 2.69. The second kappa shape index (κ2) is 4.06. The van der Waals surface area contributed by atoms with Gasteiger partial charge in [-0.3, -0.25) is 9.67 Å². The van der Waals surface area contributed by atoms with Gasteiger partial charge in [-0.2, -0.15) is 5.10 Å². The largest absolute Gasteiger partial charge is 0.323 e. The molecular formula is C12H16N4. The average Bonchev–Trinajstić information content (AvgIpc) is 2.64. The zero-order valence-corrected chi connectivity index (χ0v) is 9.81. The summed E-state index contributed by atoms with van der Waals surface area (Å²) in [5, 5.41) is 4.17. The van der Waals surface area contributed by atoms with Crippen LogP contribution in [0.15, 0.2) is 24.7 Å². The molecule has 16 heavy (non-hydrogen) atoms. The normalized spacial score (nSPS) is 12.8. The van der Waals surface area contributed by atoms with Crippen LogP contribution < -0.4 is 5.73 Å². The van der Waals surface area contributed by atoms with Gasteiger partial charge >= 0.3 is 0 Å². The highest BCUT2D eigenvalue weighted by atomic mass is 15.2. The lowest BCUT2D eigenvalue weighted by molar-refractivity contribution is 0.767. The van der Waals surface area contributed by atoms with Crippen LogP contribution in [-0.2, 0) is 7.05 Å². The maximum atomic E-state index is 5.88. The number of hydrogen-bond donors (Lipinski definition) is 1. The number of pyridine rings is 1. The fraction of sp³-hybridized carbons (Fsp3) is 0.333. The third kappa shape index (κ3) is 1.84. The van der Waals surface area contributed by atoms with Gasteiger partial charge in [0.1, 0.15) is 0 Å². The van der Waals surface area contributed by atoms with E-state index < -0.39 is 0 Å². The molecule has 0 fully saturated rings. The zero-order valence-electron chi connectivity index (χ0n) is 9.81. The molecule has 0 radical (unpaired) electrons. The molecular weight excluding hydrogens is 200 g/mol. The quantitative estimate of drug-likeness (QED) is 0.833. The lowest BCUT2D eigenvalue weighted by Gasteiger charge is -2.11. The van der Waals surface area contributed by atoms with Gasteiger partial charge in [-0.1, -0.05) is 0 Å². The first-order valence-corrected chi connectivity index (χ1v) is 5.29. The predicted molar refractivity (Wildman–Crippen MR) is 63.8 cm³/mol. The van der Waals surface area contributed by atoms with Crippen molar-refractivity contribution in [2.45, 2.75) is 19.9 Å². The van der Waals surface area contributed by atoms with Gasteiger partial charge in [-0.05, 0) is 31.0 Å². The Bertz CT molecular complexity index is 499. The van der Waals surface area contributed by atoms with E-state index >= 15 is 0 Å². The molecule has 2 N–H and O–H groups in total. The monoisotopic (exact) mass is 216 g/mol. The molecule has 2 rings (SSSR count). The van der Waals surface area contributed by atoms with Crippen LogP contribution >= 0.6 is 0 Å². The summed E-state index contributed by atoms with van der Waals surface area (Å²) in [6.07, 6.45) is 5.65. The number of nitrogens with two attached hydrogens (primary N) is 1. The zero-order chi connectivity index (χ0) is 11.7. The molecule has 0 bridgehead atoms. The molecule has 0 aliphatic rings. The fourth-order valence-corrected chi connectivity index (χ4v) is 1.88. The molecule has 0 saturated carbocycles. The summed E-state index contributed by atoms with van der Waals surface area (Å²) in [4.78, 5) is 4.32. The Kier molecular flexibility index (Phi) is 2.75. The van der Waals surface area contributed by atoms with Crippen molar-refractivity contribution in [3.05, 3.63) is 35.9 Å². The van der Waals surface area contributed by atoms with Crippen molar-refractivity contribution in [3.8, 4) is 11.1 Å². The van der Waals surface area contributed by atoms with Crippen LogP contribution in [0.4, 0.5) is 0 Å². The summed E-state index contributed by atoms with van der Waals surface area (Å²) in [7, 11) is 1.91. The molecule has 0 aromatic carbocycles. The van der Waals surface area contributed by atoms with E-state index in [4.69, 9.17) is 5.73 Å². The second-order valence-corrected chi connectivity index (χ2v) is 4.06. The summed E-state index contributed by atoms with van der Waals surface area (Å²) in [5.41, 5.74) is 10.2. The van der Waals surface area contributed by atoms with E-state index in [1.54, 1.807) is 10.9 Å². The van der Waals surface area contributed by atoms with Crippen LogP contribution in [0.25, 0.3) is 11.1 Å². The van der Waals surface area contributed by atoms with Crippen LogP contribution in [0, 0.1) is 6.92 Å². The summed E-state index contributed by atoms with van der Waals surface area (Å²) in [5.74, 6) is 0. The molecule has 84 valence electrons. The van der Waals surface area contributed by atoms with Crippen molar-refractivity contribution < 1.29 is 0 Å². The Hall–Kier alpha value is -1.68. The Morgan fingerprint density at radius 3 is 2.75 bits per heavy atom. The summed E-state index contributed by atoms with van der Waals surface area (Å²) in [6, 6.07) is 1.95. The smallest absolute Gasteiger partial charge is 0.0603 e. The van der Waals surface area contributed by atoms with Gasteiger partial charge in [0.15, 0.2) is 0 Å². The van der Waals surface area contributed by atoms with Gasteiger partial charge in [-0.25, -0.2) is 0 Å². The van der Waals surface area contributed by atoms with Gasteiger partial charge in [0.2, 0.25) is 0 Å². The molecule has 1 unspecified atom stereocenters. The van der Waals surface area contributed by atoms with Gasteiger partial charge in [-0.15, -0.1) is 0 Å². The van der Waals surface area contributed by atoms with Crippen molar-refractivity contribution >= 4 is 0 Å². The molecule has 0 aliphatic carbocycles. The number of rotatable bonds is 2. The highest BCUT2D eigenvalue weighted by Gasteiger charge is 2.11. The Morgan fingerprint density at radius 1 is 1.44 bits per heavy atom. The van der Waals surface area contributed by atoms with E-state index in [2.05, 4.69) is 10.1 Å². The fourth-order valence-electron chi connectivity index (χ4n) is 1.88. The first-order valence-electron chi connectivity index (χ1n) is 5.29. The minimum Gasteiger partial charge on any atom is -0.323 e. The lowest BCUT2D eigenvalue weighted by atomic mass is 10.0. The molecule has 2 aromatic rings. The number of aryl methyl sites for hydroxylation is 1. The van der Waals surface area contributed by atoms with Crippen molar-refractivity contribution in [3.63, 3.8) is 0 Å². The first-order chi connectivity index (χ1) is 7.59. The van der Waals surface area contributed by atoms with Gasteiger partial charge in [0.05, 0.1) is 11.9 Å². The van der Waals surface area contributed by atoms with Crippen molar-refractivity contribution in [2.24, 2.45) is 12.8 Å². The SMILES string of the molecule is Cc1c(-c2cnn(C)c2)ccnc1C(C)N. The minimum atomic E-state index is -0.0448. The van der Waals surface area contributed by atoms with E-state index in [9.17, 15) is 0 Å². The van der Waals surface area contributed by atoms with Crippen LogP contribution in [-0.4, -0.2) is 14.8 Å². The Labute approximate surface area is 95.1 Å². The molecule has 0 spiro atoms. The predicted octanol–water partition coefficient (Wildman–Crippen LogP) is 1.81. The molecule has 0 aliphatic heterocycles. The minimum absolute atomic E-state index is 0.0448. The Morgan fingerprint density at radius 2 is 2.19 bits per heavy atom. The summed E-state index contributed by atoms with van der Waals surface area (Å²) < 4.78 is 1.79. The van der Waals surface area contributed by atoms with Crippen LogP contribution in [0.3, 0.4) is 0 Å². The lowest BCUT2D eigenvalue weighted by Crippen LogP contribution is -2.09. The van der Waals surface area contributed by atoms with Crippen molar-refractivity contribution in [1.82, 2.24) is 14.8 Å². The highest BCUT2D eigenvalue weighted by Crippen LogP contribution is 2.25. The number of aromatic nitrogens is 3. The van der Waals surface area contributed by atoms with Crippen LogP contribution in [0.1, 0.15) is 24.2 Å². The van der Waals surface area contributed by atoms with Crippen LogP contribution in [0.2, 0.25) is 0 Å².